The van der Waals surface area contributed by atoms with E-state index >= 15 is 0 Å². The molecule has 33 heavy (non-hydrogen) atoms. The Labute approximate surface area is 200 Å². The summed E-state index contributed by atoms with van der Waals surface area (Å²) in [6, 6.07) is 22.0. The maximum Gasteiger partial charge on any atom is 0.244 e. The molecule has 4 aromatic rings. The number of hydrogen-bond donors (Lipinski definition) is 2. The van der Waals surface area contributed by atoms with Crippen molar-refractivity contribution in [2.75, 3.05) is 12.4 Å². The van der Waals surface area contributed by atoms with Crippen LogP contribution in [0.15, 0.2) is 72.8 Å². The maximum absolute atomic E-state index is 12.7. The number of aromatic nitrogens is 3. The highest BCUT2D eigenvalue weighted by atomic mass is 35.5. The summed E-state index contributed by atoms with van der Waals surface area (Å²) in [4.78, 5) is 12.7. The van der Waals surface area contributed by atoms with E-state index in [1.807, 2.05) is 48.5 Å². The molecule has 0 aliphatic heterocycles. The van der Waals surface area contributed by atoms with E-state index in [0.717, 1.165) is 16.9 Å². The molecule has 7 nitrogen and oxygen atoms in total. The zero-order chi connectivity index (χ0) is 23.2. The number of benzene rings is 3. The van der Waals surface area contributed by atoms with Gasteiger partial charge in [0, 0.05) is 21.8 Å². The lowest BCUT2D eigenvalue weighted by molar-refractivity contribution is -0.116. The van der Waals surface area contributed by atoms with Gasteiger partial charge in [-0.1, -0.05) is 29.8 Å². The highest BCUT2D eigenvalue weighted by Crippen LogP contribution is 2.22. The number of H-pyrrole nitrogens is 1. The minimum absolute atomic E-state index is 0.0153. The molecule has 0 spiro atoms. The number of nitrogens with zero attached hydrogens (tertiary/aromatic N) is 2. The summed E-state index contributed by atoms with van der Waals surface area (Å²) in [6.45, 7) is 0.375. The molecule has 4 rings (SSSR count). The lowest BCUT2D eigenvalue weighted by Gasteiger charge is -2.10. The van der Waals surface area contributed by atoms with E-state index < -0.39 is 0 Å². The van der Waals surface area contributed by atoms with Crippen LogP contribution in [0.5, 0.6) is 11.5 Å². The molecule has 0 aliphatic carbocycles. The van der Waals surface area contributed by atoms with Crippen LogP contribution in [0.1, 0.15) is 5.56 Å². The summed E-state index contributed by atoms with van der Waals surface area (Å²) >= 11 is 11.5. The summed E-state index contributed by atoms with van der Waals surface area (Å²) in [5.41, 5.74) is 2.36. The van der Waals surface area contributed by atoms with Crippen LogP contribution in [0.3, 0.4) is 0 Å². The third kappa shape index (κ3) is 5.60. The van der Waals surface area contributed by atoms with Crippen LogP contribution >= 0.6 is 23.8 Å². The van der Waals surface area contributed by atoms with Gasteiger partial charge in [-0.2, -0.15) is 5.10 Å². The Morgan fingerprint density at radius 1 is 1.06 bits per heavy atom. The predicted molar refractivity (Wildman–Crippen MR) is 130 cm³/mol. The van der Waals surface area contributed by atoms with Crippen LogP contribution in [0.25, 0.3) is 11.4 Å². The van der Waals surface area contributed by atoms with Crippen molar-refractivity contribution in [1.29, 1.82) is 0 Å². The molecule has 1 heterocycles. The number of hydrogen-bond acceptors (Lipinski definition) is 5. The number of rotatable bonds is 8. The third-order valence-electron chi connectivity index (χ3n) is 4.90. The van der Waals surface area contributed by atoms with Crippen molar-refractivity contribution in [3.63, 3.8) is 0 Å². The van der Waals surface area contributed by atoms with E-state index in [2.05, 4.69) is 15.5 Å². The molecular weight excluding hydrogens is 460 g/mol. The molecule has 2 N–H and O–H groups in total. The first-order valence-electron chi connectivity index (χ1n) is 10.1. The number of carbonyl (C=O) groups is 1. The van der Waals surface area contributed by atoms with Crippen molar-refractivity contribution in [2.24, 2.45) is 0 Å². The molecule has 168 valence electrons. The Balaban J connectivity index is 1.38. The number of nitrogens with one attached hydrogen (secondary N) is 2. The normalized spacial score (nSPS) is 10.6. The first-order chi connectivity index (χ1) is 16.0. The van der Waals surface area contributed by atoms with Crippen LogP contribution in [-0.2, 0) is 17.9 Å². The fraction of sp³-hybridized carbons (Fsp3) is 0.125. The molecule has 0 radical (unpaired) electrons. The Morgan fingerprint density at radius 3 is 2.45 bits per heavy atom. The molecule has 0 bridgehead atoms. The summed E-state index contributed by atoms with van der Waals surface area (Å²) in [5.74, 6) is 1.75. The van der Waals surface area contributed by atoms with Gasteiger partial charge >= 0.3 is 0 Å². The van der Waals surface area contributed by atoms with Gasteiger partial charge in [0.1, 0.15) is 24.7 Å². The van der Waals surface area contributed by atoms with Crippen LogP contribution in [0.4, 0.5) is 5.69 Å². The largest absolute Gasteiger partial charge is 0.497 e. The highest BCUT2D eigenvalue weighted by molar-refractivity contribution is 7.71. The van der Waals surface area contributed by atoms with E-state index in [1.54, 1.807) is 35.9 Å². The second kappa shape index (κ2) is 10.3. The zero-order valence-corrected chi connectivity index (χ0v) is 19.3. The van der Waals surface area contributed by atoms with Crippen LogP contribution in [0, 0.1) is 4.77 Å². The average molecular weight is 481 g/mol. The second-order valence-electron chi connectivity index (χ2n) is 7.12. The summed E-state index contributed by atoms with van der Waals surface area (Å²) in [5, 5.41) is 10.5. The molecule has 1 amide bonds. The second-order valence-corrected chi connectivity index (χ2v) is 7.91. The summed E-state index contributed by atoms with van der Waals surface area (Å²) < 4.78 is 13.0. The summed E-state index contributed by atoms with van der Waals surface area (Å²) in [7, 11) is 1.60. The number of aromatic amines is 1. The fourth-order valence-electron chi connectivity index (χ4n) is 3.18. The fourth-order valence-corrected chi connectivity index (χ4v) is 3.57. The smallest absolute Gasteiger partial charge is 0.244 e. The van der Waals surface area contributed by atoms with Crippen molar-refractivity contribution in [3.05, 3.63) is 88.2 Å². The molecule has 0 aliphatic rings. The molecular formula is C24H21ClN4O3S. The van der Waals surface area contributed by atoms with E-state index in [4.69, 9.17) is 33.3 Å². The SMILES string of the molecule is COc1ccc(-c2n[nH]c(=S)n2CC(=O)Nc2ccc(OCc3ccccc3Cl)cc2)cc1. The molecule has 3 aromatic carbocycles. The number of ether oxygens (including phenoxy) is 2. The topological polar surface area (TPSA) is 81.2 Å². The van der Waals surface area contributed by atoms with Gasteiger partial charge in [-0.3, -0.25) is 14.5 Å². The van der Waals surface area contributed by atoms with E-state index in [-0.39, 0.29) is 12.5 Å². The number of anilines is 1. The van der Waals surface area contributed by atoms with Gasteiger partial charge in [-0.05, 0) is 66.8 Å². The number of amides is 1. The molecule has 0 fully saturated rings. The van der Waals surface area contributed by atoms with Crippen molar-refractivity contribution in [2.45, 2.75) is 13.2 Å². The highest BCUT2D eigenvalue weighted by Gasteiger charge is 2.13. The first kappa shape index (κ1) is 22.6. The third-order valence-corrected chi connectivity index (χ3v) is 5.58. The molecule has 0 saturated heterocycles. The first-order valence-corrected chi connectivity index (χ1v) is 10.9. The maximum atomic E-state index is 12.7. The van der Waals surface area contributed by atoms with Crippen molar-refractivity contribution < 1.29 is 14.3 Å². The lowest BCUT2D eigenvalue weighted by Crippen LogP contribution is -2.19. The van der Waals surface area contributed by atoms with Crippen molar-refractivity contribution in [3.8, 4) is 22.9 Å². The van der Waals surface area contributed by atoms with Crippen molar-refractivity contribution in [1.82, 2.24) is 14.8 Å². The lowest BCUT2D eigenvalue weighted by atomic mass is 10.2. The van der Waals surface area contributed by atoms with Crippen LogP contribution in [-0.4, -0.2) is 27.8 Å². The van der Waals surface area contributed by atoms with Crippen LogP contribution < -0.4 is 14.8 Å². The Hall–Kier alpha value is -3.62. The Morgan fingerprint density at radius 2 is 1.76 bits per heavy atom. The molecule has 1 aromatic heterocycles. The van der Waals surface area contributed by atoms with E-state index in [1.165, 1.54) is 0 Å². The zero-order valence-electron chi connectivity index (χ0n) is 17.7. The van der Waals surface area contributed by atoms with Crippen LogP contribution in [0.2, 0.25) is 5.02 Å². The van der Waals surface area contributed by atoms with Gasteiger partial charge in [0.05, 0.1) is 7.11 Å². The molecule has 0 unspecified atom stereocenters. The number of halogens is 1. The number of carbonyl (C=O) groups excluding carboxylic acids is 1. The Kier molecular flexibility index (Phi) is 7.07. The van der Waals surface area contributed by atoms with Gasteiger partial charge in [-0.25, -0.2) is 0 Å². The van der Waals surface area contributed by atoms with Gasteiger partial charge < -0.3 is 14.8 Å². The molecule has 9 heteroatoms. The minimum Gasteiger partial charge on any atom is -0.497 e. The van der Waals surface area contributed by atoms with Gasteiger partial charge in [0.15, 0.2) is 10.6 Å². The van der Waals surface area contributed by atoms with E-state index in [0.29, 0.717) is 33.7 Å². The van der Waals surface area contributed by atoms with Gasteiger partial charge in [0.25, 0.3) is 0 Å². The number of methoxy groups -OCH3 is 1. The van der Waals surface area contributed by atoms with Gasteiger partial charge in [0.2, 0.25) is 5.91 Å². The molecule has 0 saturated carbocycles. The molecule has 0 atom stereocenters. The van der Waals surface area contributed by atoms with Gasteiger partial charge in [-0.15, -0.1) is 0 Å². The standard InChI is InChI=1S/C24H21ClN4O3S/c1-31-19-10-6-16(7-11-19)23-27-28-24(33)29(23)14-22(30)26-18-8-12-20(13-9-18)32-15-17-4-2-3-5-21(17)25/h2-13H,14-15H2,1H3,(H,26,30)(H,28,33). The monoisotopic (exact) mass is 480 g/mol. The average Bonchev–Trinajstić information content (AvgIpc) is 3.19. The van der Waals surface area contributed by atoms with E-state index in [9.17, 15) is 4.79 Å². The minimum atomic E-state index is -0.230. The summed E-state index contributed by atoms with van der Waals surface area (Å²) in [6.07, 6.45) is 0. The Bertz CT molecular complexity index is 1300. The predicted octanol–water partition coefficient (Wildman–Crippen LogP) is 5.49. The quantitative estimate of drug-likeness (QED) is 0.326. The van der Waals surface area contributed by atoms with Crippen molar-refractivity contribution >= 4 is 35.4 Å².